The van der Waals surface area contributed by atoms with Crippen molar-refractivity contribution in [2.24, 2.45) is 0 Å². The van der Waals surface area contributed by atoms with Gasteiger partial charge in [-0.1, -0.05) is 24.3 Å². The van der Waals surface area contributed by atoms with E-state index in [-0.39, 0.29) is 13.2 Å². The zero-order valence-electron chi connectivity index (χ0n) is 26.2. The second-order valence-corrected chi connectivity index (χ2v) is 12.7. The Bertz CT molecular complexity index is 1090. The minimum Gasteiger partial charge on any atom is -0.493 e. The highest BCUT2D eigenvalue weighted by atomic mass is 16.7. The van der Waals surface area contributed by atoms with Crippen molar-refractivity contribution in [1.29, 1.82) is 0 Å². The SMILES string of the molecule is CC1(C)OB(c2cccc(OCCCOC(=O)OCCCOc3cccc(B4OC(C)(C)C(C)(C)O4)c3)c2)OC1(C)C. The summed E-state index contributed by atoms with van der Waals surface area (Å²) in [5, 5.41) is 0. The van der Waals surface area contributed by atoms with E-state index in [9.17, 15) is 4.79 Å². The lowest BCUT2D eigenvalue weighted by Crippen LogP contribution is -2.41. The third-order valence-electron chi connectivity index (χ3n) is 8.32. The quantitative estimate of drug-likeness (QED) is 0.201. The average molecular weight is 582 g/mol. The molecule has 4 rings (SSSR count). The van der Waals surface area contributed by atoms with Gasteiger partial charge in [0.25, 0.3) is 0 Å². The van der Waals surface area contributed by atoms with E-state index in [1.54, 1.807) is 0 Å². The number of benzene rings is 2. The number of rotatable bonds is 12. The minimum atomic E-state index is -0.708. The van der Waals surface area contributed by atoms with E-state index in [1.807, 2.05) is 104 Å². The maximum absolute atomic E-state index is 11.9. The number of hydrogen-bond acceptors (Lipinski definition) is 9. The van der Waals surface area contributed by atoms with Crippen LogP contribution in [0.15, 0.2) is 48.5 Å². The molecule has 0 unspecified atom stereocenters. The molecule has 228 valence electrons. The molecule has 0 amide bonds. The molecule has 42 heavy (non-hydrogen) atoms. The first-order valence-electron chi connectivity index (χ1n) is 14.7. The van der Waals surface area contributed by atoms with E-state index in [1.165, 1.54) is 0 Å². The molecule has 11 heteroatoms. The van der Waals surface area contributed by atoms with Crippen LogP contribution in [0.3, 0.4) is 0 Å². The predicted octanol–water partition coefficient (Wildman–Crippen LogP) is 4.68. The Kier molecular flexibility index (Phi) is 9.87. The van der Waals surface area contributed by atoms with Gasteiger partial charge in [0.2, 0.25) is 0 Å². The second-order valence-electron chi connectivity index (χ2n) is 12.7. The van der Waals surface area contributed by atoms with Gasteiger partial charge in [0.15, 0.2) is 0 Å². The van der Waals surface area contributed by atoms with E-state index >= 15 is 0 Å². The molecule has 0 aliphatic carbocycles. The molecular formula is C31H44B2O9. The lowest BCUT2D eigenvalue weighted by molar-refractivity contribution is 0.00578. The maximum Gasteiger partial charge on any atom is 0.508 e. The molecule has 2 saturated heterocycles. The Morgan fingerprint density at radius 1 is 0.595 bits per heavy atom. The molecular weight excluding hydrogens is 538 g/mol. The van der Waals surface area contributed by atoms with Gasteiger partial charge in [0.1, 0.15) is 11.5 Å². The van der Waals surface area contributed by atoms with Crippen molar-refractivity contribution in [3.8, 4) is 11.5 Å². The van der Waals surface area contributed by atoms with E-state index in [0.29, 0.717) is 37.6 Å². The van der Waals surface area contributed by atoms with Crippen LogP contribution in [0.5, 0.6) is 11.5 Å². The number of hydrogen-bond donors (Lipinski definition) is 0. The first kappa shape index (κ1) is 32.2. The molecule has 2 aliphatic rings. The highest BCUT2D eigenvalue weighted by Gasteiger charge is 2.52. The highest BCUT2D eigenvalue weighted by Crippen LogP contribution is 2.37. The fourth-order valence-electron chi connectivity index (χ4n) is 4.31. The Hall–Kier alpha value is -2.72. The van der Waals surface area contributed by atoms with Crippen molar-refractivity contribution >= 4 is 31.3 Å². The minimum absolute atomic E-state index is 0.192. The summed E-state index contributed by atoms with van der Waals surface area (Å²) in [4.78, 5) is 11.9. The third-order valence-corrected chi connectivity index (χ3v) is 8.32. The van der Waals surface area contributed by atoms with Crippen molar-refractivity contribution in [3.63, 3.8) is 0 Å². The molecule has 0 aromatic heterocycles. The van der Waals surface area contributed by atoms with E-state index in [2.05, 4.69) is 0 Å². The van der Waals surface area contributed by atoms with Gasteiger partial charge in [-0.3, -0.25) is 0 Å². The topological polar surface area (TPSA) is 90.9 Å². The first-order valence-corrected chi connectivity index (χ1v) is 14.7. The van der Waals surface area contributed by atoms with Gasteiger partial charge in [-0.15, -0.1) is 0 Å². The van der Waals surface area contributed by atoms with E-state index in [0.717, 1.165) is 10.9 Å². The van der Waals surface area contributed by atoms with Crippen molar-refractivity contribution in [1.82, 2.24) is 0 Å². The zero-order chi connectivity index (χ0) is 30.6. The second kappa shape index (κ2) is 12.9. The molecule has 2 fully saturated rings. The van der Waals surface area contributed by atoms with Gasteiger partial charge in [-0.25, -0.2) is 4.79 Å². The Morgan fingerprint density at radius 3 is 1.31 bits per heavy atom. The first-order chi connectivity index (χ1) is 19.7. The molecule has 0 atom stereocenters. The molecule has 0 bridgehead atoms. The molecule has 2 aromatic carbocycles. The van der Waals surface area contributed by atoms with Gasteiger partial charge in [-0.2, -0.15) is 0 Å². The summed E-state index contributed by atoms with van der Waals surface area (Å²) < 4.78 is 46.4. The molecule has 9 nitrogen and oxygen atoms in total. The van der Waals surface area contributed by atoms with Crippen LogP contribution in [0.25, 0.3) is 0 Å². The summed E-state index contributed by atoms with van der Waals surface area (Å²) in [6, 6.07) is 15.3. The standard InChI is InChI=1S/C31H44B2O9/c1-28(2)29(3,4)40-32(39-28)23-13-9-15-25(21-23)35-17-11-19-37-27(34)38-20-12-18-36-26-16-10-14-24(22-26)33-41-30(5,6)31(7,8)42-33/h9-10,13-16,21-22H,11-12,17-20H2,1-8H3. The van der Waals surface area contributed by atoms with Gasteiger partial charge in [-0.05, 0) is 90.6 Å². The molecule has 2 aromatic rings. The smallest absolute Gasteiger partial charge is 0.493 e. The summed E-state index contributed by atoms with van der Waals surface area (Å²) in [5.41, 5.74) is 0.163. The van der Waals surface area contributed by atoms with Crippen molar-refractivity contribution in [2.45, 2.75) is 90.6 Å². The molecule has 2 heterocycles. The summed E-state index contributed by atoms with van der Waals surface area (Å²) in [5.74, 6) is 1.40. The fourth-order valence-corrected chi connectivity index (χ4v) is 4.31. The molecule has 0 saturated carbocycles. The summed E-state index contributed by atoms with van der Waals surface area (Å²) >= 11 is 0. The van der Waals surface area contributed by atoms with Crippen molar-refractivity contribution in [3.05, 3.63) is 48.5 Å². The van der Waals surface area contributed by atoms with Crippen LogP contribution >= 0.6 is 0 Å². The number of ether oxygens (including phenoxy) is 4. The molecule has 0 N–H and O–H groups in total. The molecule has 0 spiro atoms. The van der Waals surface area contributed by atoms with Crippen molar-refractivity contribution < 1.29 is 42.4 Å². The predicted molar refractivity (Wildman–Crippen MR) is 162 cm³/mol. The Balaban J connectivity index is 1.08. The van der Waals surface area contributed by atoms with Gasteiger partial charge in [0.05, 0.1) is 48.8 Å². The van der Waals surface area contributed by atoms with Crippen LogP contribution in [-0.2, 0) is 28.1 Å². The largest absolute Gasteiger partial charge is 0.508 e. The number of carbonyl (C=O) groups excluding carboxylic acids is 1. The van der Waals surface area contributed by atoms with Crippen LogP contribution in [0.1, 0.15) is 68.2 Å². The number of carbonyl (C=O) groups is 1. The van der Waals surface area contributed by atoms with Gasteiger partial charge < -0.3 is 37.6 Å². The third kappa shape index (κ3) is 7.81. The van der Waals surface area contributed by atoms with Crippen LogP contribution in [0.4, 0.5) is 4.79 Å². The van der Waals surface area contributed by atoms with Crippen LogP contribution in [0, 0.1) is 0 Å². The van der Waals surface area contributed by atoms with Crippen LogP contribution < -0.4 is 20.4 Å². The lowest BCUT2D eigenvalue weighted by atomic mass is 9.79. The van der Waals surface area contributed by atoms with Crippen LogP contribution in [-0.4, -0.2) is 69.2 Å². The van der Waals surface area contributed by atoms with Crippen LogP contribution in [0.2, 0.25) is 0 Å². The summed E-state index contributed by atoms with van der Waals surface area (Å²) in [6.07, 6.45) is 0.344. The van der Waals surface area contributed by atoms with E-state index < -0.39 is 42.8 Å². The summed E-state index contributed by atoms with van der Waals surface area (Å²) in [7, 11) is -0.901. The highest BCUT2D eigenvalue weighted by molar-refractivity contribution is 6.62. The lowest BCUT2D eigenvalue weighted by Gasteiger charge is -2.32. The maximum atomic E-state index is 11.9. The van der Waals surface area contributed by atoms with Gasteiger partial charge >= 0.3 is 20.4 Å². The van der Waals surface area contributed by atoms with Gasteiger partial charge in [0, 0.05) is 12.8 Å². The Labute approximate surface area is 250 Å². The Morgan fingerprint density at radius 2 is 0.952 bits per heavy atom. The molecule has 0 radical (unpaired) electrons. The fraction of sp³-hybridized carbons (Fsp3) is 0.581. The summed E-state index contributed by atoms with van der Waals surface area (Å²) in [6.45, 7) is 17.4. The van der Waals surface area contributed by atoms with E-state index in [4.69, 9.17) is 37.6 Å². The monoisotopic (exact) mass is 582 g/mol. The van der Waals surface area contributed by atoms with Crippen molar-refractivity contribution in [2.75, 3.05) is 26.4 Å². The zero-order valence-corrected chi connectivity index (χ0v) is 26.2. The normalized spacial score (nSPS) is 19.9. The average Bonchev–Trinajstić information content (AvgIpc) is 3.28. The molecule has 2 aliphatic heterocycles.